The van der Waals surface area contributed by atoms with Crippen molar-refractivity contribution in [1.29, 1.82) is 0 Å². The highest BCUT2D eigenvalue weighted by atomic mass is 19.1. The molecule has 1 saturated heterocycles. The molecule has 0 aliphatic carbocycles. The summed E-state index contributed by atoms with van der Waals surface area (Å²) in [6.07, 6.45) is 1.32. The summed E-state index contributed by atoms with van der Waals surface area (Å²) < 4.78 is 14.1. The van der Waals surface area contributed by atoms with Gasteiger partial charge < -0.3 is 10.2 Å². The second-order valence-corrected chi connectivity index (χ2v) is 9.00. The van der Waals surface area contributed by atoms with Gasteiger partial charge in [0, 0.05) is 30.9 Å². The molecule has 7 heteroatoms. The van der Waals surface area contributed by atoms with E-state index in [1.54, 1.807) is 29.2 Å². The van der Waals surface area contributed by atoms with Gasteiger partial charge in [0.2, 0.25) is 5.91 Å². The molecule has 2 N–H and O–H groups in total. The van der Waals surface area contributed by atoms with E-state index < -0.39 is 0 Å². The van der Waals surface area contributed by atoms with Crippen molar-refractivity contribution in [3.63, 3.8) is 0 Å². The first-order chi connectivity index (χ1) is 15.9. The lowest BCUT2D eigenvalue weighted by molar-refractivity contribution is -0.124. The number of aromatic amines is 1. The maximum absolute atomic E-state index is 14.1. The van der Waals surface area contributed by atoms with Crippen LogP contribution in [0.4, 0.5) is 4.39 Å². The number of hydrogen-bond acceptors (Lipinski definition) is 3. The van der Waals surface area contributed by atoms with Gasteiger partial charge in [-0.25, -0.2) is 4.39 Å². The molecular weight excluding hydrogens is 419 g/mol. The minimum absolute atomic E-state index is 0.0639. The average molecular weight is 449 g/mol. The molecular formula is C26H29FN4O2. The van der Waals surface area contributed by atoms with Crippen LogP contribution in [0.3, 0.4) is 0 Å². The van der Waals surface area contributed by atoms with Crippen molar-refractivity contribution in [2.24, 2.45) is 11.8 Å². The first-order valence-electron chi connectivity index (χ1n) is 11.4. The number of halogens is 1. The lowest BCUT2D eigenvalue weighted by Gasteiger charge is -2.22. The Morgan fingerprint density at radius 3 is 2.67 bits per heavy atom. The maximum atomic E-state index is 14.1. The SMILES string of the molecule is CC(C)Cc1cc(C(=O)N2CCNC(=O)[C@@H](Cc3ccc(-c4ccccc4F)cc3)C2)n[nH]1. The van der Waals surface area contributed by atoms with Crippen LogP contribution in [0.5, 0.6) is 0 Å². The van der Waals surface area contributed by atoms with Crippen LogP contribution in [-0.2, 0) is 17.6 Å². The number of H-pyrrole nitrogens is 1. The summed E-state index contributed by atoms with van der Waals surface area (Å²) in [6.45, 7) is 5.41. The normalized spacial score (nSPS) is 16.5. The molecule has 4 rings (SSSR count). The van der Waals surface area contributed by atoms with Gasteiger partial charge in [0.1, 0.15) is 11.5 Å². The van der Waals surface area contributed by atoms with Crippen molar-refractivity contribution >= 4 is 11.8 Å². The molecule has 6 nitrogen and oxygen atoms in total. The maximum Gasteiger partial charge on any atom is 0.274 e. The van der Waals surface area contributed by atoms with Crippen LogP contribution < -0.4 is 5.32 Å². The van der Waals surface area contributed by atoms with Crippen molar-refractivity contribution < 1.29 is 14.0 Å². The summed E-state index contributed by atoms with van der Waals surface area (Å²) >= 11 is 0. The molecule has 2 heterocycles. The Balaban J connectivity index is 1.46. The third-order valence-corrected chi connectivity index (χ3v) is 5.88. The summed E-state index contributed by atoms with van der Waals surface area (Å²) in [5, 5.41) is 10.1. The number of hydrogen-bond donors (Lipinski definition) is 2. The quantitative estimate of drug-likeness (QED) is 0.601. The Kier molecular flexibility index (Phi) is 6.87. The molecule has 3 aromatic rings. The minimum Gasteiger partial charge on any atom is -0.354 e. The minimum atomic E-state index is -0.371. The van der Waals surface area contributed by atoms with Crippen LogP contribution in [0.2, 0.25) is 0 Å². The number of rotatable bonds is 6. The number of carbonyl (C=O) groups is 2. The van der Waals surface area contributed by atoms with Crippen LogP contribution in [0.25, 0.3) is 11.1 Å². The summed E-state index contributed by atoms with van der Waals surface area (Å²) in [7, 11) is 0. The molecule has 1 aromatic heterocycles. The lowest BCUT2D eigenvalue weighted by atomic mass is 9.96. The van der Waals surface area contributed by atoms with Gasteiger partial charge in [0.15, 0.2) is 0 Å². The second-order valence-electron chi connectivity index (χ2n) is 9.00. The first kappa shape index (κ1) is 22.7. The van der Waals surface area contributed by atoms with Crippen molar-refractivity contribution in [1.82, 2.24) is 20.4 Å². The standard InChI is InChI=1S/C26H29FN4O2/c1-17(2)13-21-15-24(30-29-21)26(33)31-12-11-28-25(32)20(16-31)14-18-7-9-19(10-8-18)22-5-3-4-6-23(22)27/h3-10,15,17,20H,11-14,16H2,1-2H3,(H,28,32)(H,29,30)/t20-/m0/s1. The highest BCUT2D eigenvalue weighted by molar-refractivity contribution is 5.93. The van der Waals surface area contributed by atoms with E-state index in [2.05, 4.69) is 29.4 Å². The average Bonchev–Trinajstić information content (AvgIpc) is 3.17. The van der Waals surface area contributed by atoms with Gasteiger partial charge in [0.25, 0.3) is 5.91 Å². The van der Waals surface area contributed by atoms with Gasteiger partial charge in [-0.15, -0.1) is 0 Å². The van der Waals surface area contributed by atoms with Gasteiger partial charge in [0.05, 0.1) is 5.92 Å². The van der Waals surface area contributed by atoms with Gasteiger partial charge in [-0.2, -0.15) is 5.10 Å². The van der Waals surface area contributed by atoms with Crippen LogP contribution >= 0.6 is 0 Å². The van der Waals surface area contributed by atoms with Crippen LogP contribution in [0.1, 0.15) is 35.6 Å². The molecule has 2 amide bonds. The van der Waals surface area contributed by atoms with Gasteiger partial charge >= 0.3 is 0 Å². The van der Waals surface area contributed by atoms with E-state index in [0.29, 0.717) is 43.2 Å². The fourth-order valence-electron chi connectivity index (χ4n) is 4.22. The largest absolute Gasteiger partial charge is 0.354 e. The predicted octanol–water partition coefficient (Wildman–Crippen LogP) is 3.85. The van der Waals surface area contributed by atoms with Crippen LogP contribution in [0, 0.1) is 17.7 Å². The van der Waals surface area contributed by atoms with Crippen LogP contribution in [0.15, 0.2) is 54.6 Å². The number of nitrogens with one attached hydrogen (secondary N) is 2. The fraction of sp³-hybridized carbons (Fsp3) is 0.346. The van der Waals surface area contributed by atoms with E-state index in [4.69, 9.17) is 0 Å². The Hall–Kier alpha value is -3.48. The molecule has 0 saturated carbocycles. The fourth-order valence-corrected chi connectivity index (χ4v) is 4.22. The molecule has 172 valence electrons. The van der Waals surface area contributed by atoms with E-state index >= 15 is 0 Å². The number of amides is 2. The van der Waals surface area contributed by atoms with Crippen molar-refractivity contribution in [3.8, 4) is 11.1 Å². The second kappa shape index (κ2) is 9.98. The van der Waals surface area contributed by atoms with E-state index in [1.165, 1.54) is 6.07 Å². The number of nitrogens with zero attached hydrogens (tertiary/aromatic N) is 2. The third kappa shape index (κ3) is 5.48. The van der Waals surface area contributed by atoms with E-state index in [-0.39, 0.29) is 23.5 Å². The lowest BCUT2D eigenvalue weighted by Crippen LogP contribution is -2.37. The number of benzene rings is 2. The van der Waals surface area contributed by atoms with Gasteiger partial charge in [-0.05, 0) is 42.0 Å². The zero-order valence-corrected chi connectivity index (χ0v) is 19.0. The van der Waals surface area contributed by atoms with Gasteiger partial charge in [-0.1, -0.05) is 56.3 Å². The smallest absolute Gasteiger partial charge is 0.274 e. The third-order valence-electron chi connectivity index (χ3n) is 5.88. The monoisotopic (exact) mass is 448 g/mol. The molecule has 2 aromatic carbocycles. The number of carbonyl (C=O) groups excluding carboxylic acids is 2. The molecule has 1 fully saturated rings. The summed E-state index contributed by atoms with van der Waals surface area (Å²) in [5.74, 6) is -0.409. The van der Waals surface area contributed by atoms with Crippen molar-refractivity contribution in [2.75, 3.05) is 19.6 Å². The predicted molar refractivity (Wildman–Crippen MR) is 125 cm³/mol. The molecule has 0 unspecified atom stereocenters. The summed E-state index contributed by atoms with van der Waals surface area (Å²) in [4.78, 5) is 27.4. The Morgan fingerprint density at radius 2 is 1.94 bits per heavy atom. The topological polar surface area (TPSA) is 78.1 Å². The summed E-state index contributed by atoms with van der Waals surface area (Å²) in [6, 6.07) is 16.0. The molecule has 0 spiro atoms. The highest BCUT2D eigenvalue weighted by Gasteiger charge is 2.29. The van der Waals surface area contributed by atoms with E-state index in [1.807, 2.05) is 24.3 Å². The molecule has 0 radical (unpaired) electrons. The Morgan fingerprint density at radius 1 is 1.18 bits per heavy atom. The molecule has 1 aliphatic heterocycles. The molecule has 1 aliphatic rings. The number of aromatic nitrogens is 2. The first-order valence-corrected chi connectivity index (χ1v) is 11.4. The zero-order valence-electron chi connectivity index (χ0n) is 19.0. The van der Waals surface area contributed by atoms with Crippen molar-refractivity contribution in [2.45, 2.75) is 26.7 Å². The summed E-state index contributed by atoms with van der Waals surface area (Å²) in [5.41, 5.74) is 3.61. The van der Waals surface area contributed by atoms with Gasteiger partial charge in [-0.3, -0.25) is 14.7 Å². The Labute approximate surface area is 193 Å². The molecule has 1 atom stereocenters. The van der Waals surface area contributed by atoms with Crippen molar-refractivity contribution in [3.05, 3.63) is 77.4 Å². The van der Waals surface area contributed by atoms with E-state index in [0.717, 1.165) is 23.2 Å². The zero-order chi connectivity index (χ0) is 23.4. The Bertz CT molecular complexity index is 1120. The molecule has 0 bridgehead atoms. The van der Waals surface area contributed by atoms with Crippen LogP contribution in [-0.4, -0.2) is 46.5 Å². The highest BCUT2D eigenvalue weighted by Crippen LogP contribution is 2.24. The van der Waals surface area contributed by atoms with E-state index in [9.17, 15) is 14.0 Å². The molecule has 33 heavy (non-hydrogen) atoms.